The summed E-state index contributed by atoms with van der Waals surface area (Å²) in [6.07, 6.45) is 0. The van der Waals surface area contributed by atoms with E-state index in [1.54, 1.807) is 7.11 Å². The van der Waals surface area contributed by atoms with Crippen molar-refractivity contribution in [1.29, 1.82) is 0 Å². The molecule has 2 N–H and O–H groups in total. The fourth-order valence-corrected chi connectivity index (χ4v) is 1.77. The Labute approximate surface area is 88.6 Å². The number of anilines is 2. The number of fused-ring (bicyclic) bond motifs is 1. The van der Waals surface area contributed by atoms with Crippen LogP contribution in [-0.4, -0.2) is 13.0 Å². The zero-order valence-corrected chi connectivity index (χ0v) is 9.05. The Balaban J connectivity index is 2.42. The molecule has 15 heavy (non-hydrogen) atoms. The predicted molar refractivity (Wildman–Crippen MR) is 58.7 cm³/mol. The minimum absolute atomic E-state index is 0.0343. The van der Waals surface area contributed by atoms with Crippen molar-refractivity contribution in [2.24, 2.45) is 0 Å². The number of carbonyl (C=O) groups excluding carboxylic acids is 1. The summed E-state index contributed by atoms with van der Waals surface area (Å²) in [6.45, 7) is 3.83. The maximum Gasteiger partial charge on any atom is 0.234 e. The van der Waals surface area contributed by atoms with Crippen molar-refractivity contribution in [3.63, 3.8) is 0 Å². The molecule has 1 aliphatic heterocycles. The van der Waals surface area contributed by atoms with Gasteiger partial charge in [0, 0.05) is 5.69 Å². The summed E-state index contributed by atoms with van der Waals surface area (Å²) in [7, 11) is 1.55. The van der Waals surface area contributed by atoms with E-state index in [1.807, 2.05) is 32.0 Å². The molecule has 0 spiro atoms. The third kappa shape index (κ3) is 1.47. The molecule has 0 saturated carbocycles. The molecule has 0 bridgehead atoms. The van der Waals surface area contributed by atoms with E-state index in [9.17, 15) is 4.79 Å². The lowest BCUT2D eigenvalue weighted by atomic mass is 9.86. The topological polar surface area (TPSA) is 50.4 Å². The highest BCUT2D eigenvalue weighted by molar-refractivity contribution is 6.06. The number of amides is 1. The van der Waals surface area contributed by atoms with Gasteiger partial charge in [-0.05, 0) is 31.5 Å². The molecule has 0 atom stereocenters. The van der Waals surface area contributed by atoms with E-state index >= 15 is 0 Å². The second-order valence-corrected chi connectivity index (χ2v) is 4.15. The Morgan fingerprint density at radius 2 is 2.13 bits per heavy atom. The fourth-order valence-electron chi connectivity index (χ4n) is 1.77. The van der Waals surface area contributed by atoms with Crippen LogP contribution in [-0.2, 0) is 15.0 Å². The molecular formula is C11H14N2O2. The molecular weight excluding hydrogens is 192 g/mol. The van der Waals surface area contributed by atoms with Crippen molar-refractivity contribution in [1.82, 2.24) is 0 Å². The first-order valence-electron chi connectivity index (χ1n) is 4.80. The van der Waals surface area contributed by atoms with Gasteiger partial charge in [-0.25, -0.2) is 0 Å². The largest absolute Gasteiger partial charge is 0.325 e. The van der Waals surface area contributed by atoms with E-state index in [4.69, 9.17) is 4.84 Å². The average Bonchev–Trinajstić information content (AvgIpc) is 2.38. The monoisotopic (exact) mass is 206 g/mol. The van der Waals surface area contributed by atoms with Gasteiger partial charge >= 0.3 is 0 Å². The quantitative estimate of drug-likeness (QED) is 0.726. The van der Waals surface area contributed by atoms with Gasteiger partial charge in [0.1, 0.15) is 0 Å². The van der Waals surface area contributed by atoms with Gasteiger partial charge in [0.2, 0.25) is 5.91 Å². The molecule has 1 aromatic carbocycles. The molecule has 1 amide bonds. The van der Waals surface area contributed by atoms with E-state index in [2.05, 4.69) is 10.8 Å². The second kappa shape index (κ2) is 3.24. The van der Waals surface area contributed by atoms with E-state index in [1.165, 1.54) is 0 Å². The molecule has 0 fully saturated rings. The first-order chi connectivity index (χ1) is 7.05. The SMILES string of the molecule is CONc1ccc2c(c1)NC(=O)C2(C)C. The standard InChI is InChI=1S/C11H14N2O2/c1-11(2)8-5-4-7(13-15-3)6-9(8)12-10(11)14/h4-6,13H,1-3H3,(H,12,14). The second-order valence-electron chi connectivity index (χ2n) is 4.15. The Kier molecular flexibility index (Phi) is 2.16. The van der Waals surface area contributed by atoms with Crippen molar-refractivity contribution >= 4 is 17.3 Å². The van der Waals surface area contributed by atoms with Gasteiger partial charge in [0.05, 0.1) is 18.2 Å². The summed E-state index contributed by atoms with van der Waals surface area (Å²) < 4.78 is 0. The van der Waals surface area contributed by atoms with Gasteiger partial charge in [-0.2, -0.15) is 0 Å². The smallest absolute Gasteiger partial charge is 0.234 e. The molecule has 2 rings (SSSR count). The lowest BCUT2D eigenvalue weighted by Crippen LogP contribution is -2.26. The number of benzene rings is 1. The molecule has 0 aliphatic carbocycles. The van der Waals surface area contributed by atoms with Crippen LogP contribution in [0.1, 0.15) is 19.4 Å². The van der Waals surface area contributed by atoms with Crippen LogP contribution in [0.25, 0.3) is 0 Å². The number of rotatable bonds is 2. The molecule has 0 aromatic heterocycles. The maximum absolute atomic E-state index is 11.7. The van der Waals surface area contributed by atoms with Gasteiger partial charge in [0.15, 0.2) is 0 Å². The number of hydrogen-bond acceptors (Lipinski definition) is 3. The Bertz CT molecular complexity index is 413. The van der Waals surface area contributed by atoms with Crippen LogP contribution in [0.2, 0.25) is 0 Å². The summed E-state index contributed by atoms with van der Waals surface area (Å²) in [5.74, 6) is 0.0343. The van der Waals surface area contributed by atoms with Gasteiger partial charge in [-0.3, -0.25) is 15.1 Å². The van der Waals surface area contributed by atoms with Crippen molar-refractivity contribution < 1.29 is 9.63 Å². The van der Waals surface area contributed by atoms with Crippen LogP contribution in [0, 0.1) is 0 Å². The number of carbonyl (C=O) groups is 1. The Hall–Kier alpha value is -1.55. The molecule has 4 heteroatoms. The molecule has 4 nitrogen and oxygen atoms in total. The van der Waals surface area contributed by atoms with E-state index < -0.39 is 5.41 Å². The third-order valence-corrected chi connectivity index (χ3v) is 2.73. The molecule has 0 unspecified atom stereocenters. The summed E-state index contributed by atoms with van der Waals surface area (Å²) in [5, 5.41) is 2.85. The minimum Gasteiger partial charge on any atom is -0.325 e. The number of nitrogens with one attached hydrogen (secondary N) is 2. The zero-order chi connectivity index (χ0) is 11.1. The molecule has 1 aromatic rings. The van der Waals surface area contributed by atoms with Crippen LogP contribution in [0.4, 0.5) is 11.4 Å². The normalized spacial score (nSPS) is 17.1. The van der Waals surface area contributed by atoms with Crippen LogP contribution in [0.15, 0.2) is 18.2 Å². The van der Waals surface area contributed by atoms with E-state index in [-0.39, 0.29) is 5.91 Å². The highest BCUT2D eigenvalue weighted by Gasteiger charge is 2.38. The average molecular weight is 206 g/mol. The van der Waals surface area contributed by atoms with Crippen molar-refractivity contribution in [3.8, 4) is 0 Å². The summed E-state index contributed by atoms with van der Waals surface area (Å²) in [6, 6.07) is 5.70. The van der Waals surface area contributed by atoms with E-state index in [0.29, 0.717) is 0 Å². The lowest BCUT2D eigenvalue weighted by Gasteiger charge is -2.14. The molecule has 80 valence electrons. The fraction of sp³-hybridized carbons (Fsp3) is 0.364. The summed E-state index contributed by atoms with van der Waals surface area (Å²) in [5.41, 5.74) is 4.99. The summed E-state index contributed by atoms with van der Waals surface area (Å²) in [4.78, 5) is 16.5. The van der Waals surface area contributed by atoms with Gasteiger partial charge in [0.25, 0.3) is 0 Å². The lowest BCUT2D eigenvalue weighted by molar-refractivity contribution is -0.119. The van der Waals surface area contributed by atoms with Gasteiger partial charge in [-0.1, -0.05) is 6.07 Å². The van der Waals surface area contributed by atoms with E-state index in [0.717, 1.165) is 16.9 Å². The van der Waals surface area contributed by atoms with Crippen molar-refractivity contribution in [2.45, 2.75) is 19.3 Å². The van der Waals surface area contributed by atoms with Gasteiger partial charge in [-0.15, -0.1) is 0 Å². The van der Waals surface area contributed by atoms with Crippen LogP contribution in [0.3, 0.4) is 0 Å². The van der Waals surface area contributed by atoms with Crippen molar-refractivity contribution in [3.05, 3.63) is 23.8 Å². The Morgan fingerprint density at radius 3 is 2.80 bits per heavy atom. The molecule has 1 heterocycles. The summed E-state index contributed by atoms with van der Waals surface area (Å²) >= 11 is 0. The maximum atomic E-state index is 11.7. The Morgan fingerprint density at radius 1 is 1.40 bits per heavy atom. The zero-order valence-electron chi connectivity index (χ0n) is 9.05. The minimum atomic E-state index is -0.444. The van der Waals surface area contributed by atoms with Crippen LogP contribution in [0.5, 0.6) is 0 Å². The highest BCUT2D eigenvalue weighted by Crippen LogP contribution is 2.38. The highest BCUT2D eigenvalue weighted by atomic mass is 16.6. The van der Waals surface area contributed by atoms with Gasteiger partial charge < -0.3 is 5.32 Å². The van der Waals surface area contributed by atoms with Crippen LogP contribution < -0.4 is 10.8 Å². The first kappa shape index (κ1) is 9.98. The van der Waals surface area contributed by atoms with Crippen LogP contribution >= 0.6 is 0 Å². The first-order valence-corrected chi connectivity index (χ1v) is 4.80. The van der Waals surface area contributed by atoms with Crippen molar-refractivity contribution in [2.75, 3.05) is 17.9 Å². The molecule has 0 radical (unpaired) electrons. The predicted octanol–water partition coefficient (Wildman–Crippen LogP) is 1.89. The molecule has 1 aliphatic rings. The molecule has 0 saturated heterocycles. The third-order valence-electron chi connectivity index (χ3n) is 2.73. The number of hydrogen-bond donors (Lipinski definition) is 2.